The van der Waals surface area contributed by atoms with E-state index in [2.05, 4.69) is 58.3 Å². The number of nitrogens with zero attached hydrogens (tertiary/aromatic N) is 3. The predicted octanol–water partition coefficient (Wildman–Crippen LogP) is 5.11. The highest BCUT2D eigenvalue weighted by molar-refractivity contribution is 5.93. The fourth-order valence-electron chi connectivity index (χ4n) is 3.49. The summed E-state index contributed by atoms with van der Waals surface area (Å²) in [4.78, 5) is 0. The number of aromatic amines is 1. The Morgan fingerprint density at radius 1 is 1.12 bits per heavy atom. The van der Waals surface area contributed by atoms with Crippen molar-refractivity contribution in [3.05, 3.63) is 48.2 Å². The number of hydrogen-bond donors (Lipinski definition) is 2. The highest BCUT2D eigenvalue weighted by Crippen LogP contribution is 2.43. The van der Waals surface area contributed by atoms with E-state index in [4.69, 9.17) is 5.10 Å². The van der Waals surface area contributed by atoms with Crippen LogP contribution in [-0.2, 0) is 0 Å². The van der Waals surface area contributed by atoms with Crippen LogP contribution in [0.3, 0.4) is 0 Å². The molecule has 25 heavy (non-hydrogen) atoms. The lowest BCUT2D eigenvalue weighted by atomic mass is 10.1. The molecule has 2 N–H and O–H groups in total. The van der Waals surface area contributed by atoms with E-state index in [1.54, 1.807) is 0 Å². The fourth-order valence-corrected chi connectivity index (χ4v) is 3.49. The van der Waals surface area contributed by atoms with Crippen molar-refractivity contribution >= 4 is 33.3 Å². The molecule has 126 valence electrons. The molecule has 5 heteroatoms. The van der Waals surface area contributed by atoms with E-state index >= 15 is 0 Å². The average molecular weight is 331 g/mol. The highest BCUT2D eigenvalue weighted by Gasteiger charge is 2.29. The molecule has 2 aromatic heterocycles. The SMILES string of the molecule is CC(C)n1nc(C2CC2)c2ccc(Nc3n[nH]c4ccccc34)cc21. The second-order valence-electron chi connectivity index (χ2n) is 7.17. The Balaban J connectivity index is 1.59. The zero-order chi connectivity index (χ0) is 17.0. The van der Waals surface area contributed by atoms with E-state index in [-0.39, 0.29) is 0 Å². The Labute approximate surface area is 146 Å². The summed E-state index contributed by atoms with van der Waals surface area (Å²) in [5.74, 6) is 1.50. The lowest BCUT2D eigenvalue weighted by molar-refractivity contribution is 0.544. The van der Waals surface area contributed by atoms with Crippen molar-refractivity contribution in [3.63, 3.8) is 0 Å². The standard InChI is InChI=1S/C20H21N5/c1-12(2)25-18-11-14(9-10-16(18)19(24-25)13-7-8-13)21-20-15-5-3-4-6-17(15)22-23-20/h3-6,9-13H,7-8H2,1-2H3,(H2,21,22,23). The first kappa shape index (κ1) is 14.5. The van der Waals surface area contributed by atoms with Gasteiger partial charge in [0, 0.05) is 28.4 Å². The first-order valence-corrected chi connectivity index (χ1v) is 8.93. The predicted molar refractivity (Wildman–Crippen MR) is 101 cm³/mol. The summed E-state index contributed by atoms with van der Waals surface area (Å²) in [5, 5.41) is 18.2. The second kappa shape index (κ2) is 5.34. The van der Waals surface area contributed by atoms with Gasteiger partial charge in [0.05, 0.1) is 16.7 Å². The Morgan fingerprint density at radius 2 is 1.96 bits per heavy atom. The average Bonchev–Trinajstić information content (AvgIpc) is 3.27. The molecule has 1 saturated carbocycles. The van der Waals surface area contributed by atoms with Crippen LogP contribution in [0.25, 0.3) is 21.8 Å². The molecule has 1 fully saturated rings. The summed E-state index contributed by atoms with van der Waals surface area (Å²) in [5.41, 5.74) is 4.53. The monoisotopic (exact) mass is 331 g/mol. The van der Waals surface area contributed by atoms with Crippen molar-refractivity contribution in [1.29, 1.82) is 0 Å². The maximum absolute atomic E-state index is 4.91. The molecular weight excluding hydrogens is 310 g/mol. The third-order valence-electron chi connectivity index (χ3n) is 4.92. The van der Waals surface area contributed by atoms with E-state index in [1.807, 2.05) is 18.2 Å². The van der Waals surface area contributed by atoms with E-state index in [9.17, 15) is 0 Å². The number of hydrogen-bond acceptors (Lipinski definition) is 3. The van der Waals surface area contributed by atoms with Crippen LogP contribution in [0.15, 0.2) is 42.5 Å². The van der Waals surface area contributed by atoms with Gasteiger partial charge in [0.15, 0.2) is 5.82 Å². The maximum atomic E-state index is 4.91. The van der Waals surface area contributed by atoms with Crippen molar-refractivity contribution in [2.24, 2.45) is 0 Å². The Bertz CT molecular complexity index is 1070. The molecule has 0 radical (unpaired) electrons. The van der Waals surface area contributed by atoms with E-state index in [0.717, 1.165) is 22.4 Å². The summed E-state index contributed by atoms with van der Waals surface area (Å²) in [6.45, 7) is 4.37. The number of aromatic nitrogens is 4. The topological polar surface area (TPSA) is 58.5 Å². The fraction of sp³-hybridized carbons (Fsp3) is 0.300. The van der Waals surface area contributed by atoms with Gasteiger partial charge >= 0.3 is 0 Å². The minimum atomic E-state index is 0.344. The van der Waals surface area contributed by atoms with Gasteiger partial charge in [-0.25, -0.2) is 0 Å². The lowest BCUT2D eigenvalue weighted by Gasteiger charge is -2.09. The molecule has 0 unspecified atom stereocenters. The van der Waals surface area contributed by atoms with Crippen molar-refractivity contribution < 1.29 is 0 Å². The van der Waals surface area contributed by atoms with Crippen molar-refractivity contribution in [1.82, 2.24) is 20.0 Å². The lowest BCUT2D eigenvalue weighted by Crippen LogP contribution is -2.03. The van der Waals surface area contributed by atoms with Crippen molar-refractivity contribution in [3.8, 4) is 0 Å². The van der Waals surface area contributed by atoms with Gasteiger partial charge in [0.25, 0.3) is 0 Å². The molecule has 0 spiro atoms. The van der Waals surface area contributed by atoms with Crippen LogP contribution in [0.1, 0.15) is 44.3 Å². The van der Waals surface area contributed by atoms with Crippen LogP contribution in [-0.4, -0.2) is 20.0 Å². The van der Waals surface area contributed by atoms with Gasteiger partial charge in [0.2, 0.25) is 0 Å². The zero-order valence-electron chi connectivity index (χ0n) is 14.5. The number of nitrogens with one attached hydrogen (secondary N) is 2. The number of rotatable bonds is 4. The summed E-state index contributed by atoms with van der Waals surface area (Å²) in [6, 6.07) is 15.0. The summed E-state index contributed by atoms with van der Waals surface area (Å²) < 4.78 is 2.15. The van der Waals surface area contributed by atoms with Crippen LogP contribution in [0, 0.1) is 0 Å². The van der Waals surface area contributed by atoms with Gasteiger partial charge in [-0.3, -0.25) is 9.78 Å². The van der Waals surface area contributed by atoms with Gasteiger partial charge in [-0.15, -0.1) is 0 Å². The molecule has 5 nitrogen and oxygen atoms in total. The number of benzene rings is 2. The smallest absolute Gasteiger partial charge is 0.160 e. The maximum Gasteiger partial charge on any atom is 0.160 e. The molecule has 2 aromatic carbocycles. The van der Waals surface area contributed by atoms with Crippen LogP contribution in [0.2, 0.25) is 0 Å². The quantitative estimate of drug-likeness (QED) is 0.546. The van der Waals surface area contributed by atoms with Gasteiger partial charge in [-0.2, -0.15) is 10.2 Å². The Kier molecular flexibility index (Phi) is 3.10. The molecule has 4 aromatic rings. The van der Waals surface area contributed by atoms with E-state index in [1.165, 1.54) is 29.4 Å². The number of para-hydroxylation sites is 1. The van der Waals surface area contributed by atoms with E-state index < -0.39 is 0 Å². The molecule has 0 amide bonds. The van der Waals surface area contributed by atoms with Crippen molar-refractivity contribution in [2.75, 3.05) is 5.32 Å². The molecular formula is C20H21N5. The normalized spacial score (nSPS) is 14.7. The van der Waals surface area contributed by atoms with Crippen LogP contribution >= 0.6 is 0 Å². The molecule has 5 rings (SSSR count). The van der Waals surface area contributed by atoms with Crippen molar-refractivity contribution in [2.45, 2.75) is 38.6 Å². The minimum absolute atomic E-state index is 0.344. The molecule has 0 aliphatic heterocycles. The Hall–Kier alpha value is -2.82. The second-order valence-corrected chi connectivity index (χ2v) is 7.17. The van der Waals surface area contributed by atoms with E-state index in [0.29, 0.717) is 12.0 Å². The number of fused-ring (bicyclic) bond motifs is 2. The third-order valence-corrected chi connectivity index (χ3v) is 4.92. The molecule has 1 aliphatic rings. The molecule has 0 saturated heterocycles. The summed E-state index contributed by atoms with van der Waals surface area (Å²) >= 11 is 0. The van der Waals surface area contributed by atoms with Gasteiger partial charge in [-0.05, 0) is 57.0 Å². The number of H-pyrrole nitrogens is 1. The summed E-state index contributed by atoms with van der Waals surface area (Å²) in [6.07, 6.45) is 2.53. The zero-order valence-corrected chi connectivity index (χ0v) is 14.5. The minimum Gasteiger partial charge on any atom is -0.338 e. The summed E-state index contributed by atoms with van der Waals surface area (Å²) in [7, 11) is 0. The Morgan fingerprint density at radius 3 is 2.76 bits per heavy atom. The van der Waals surface area contributed by atoms with Crippen LogP contribution in [0.4, 0.5) is 11.5 Å². The van der Waals surface area contributed by atoms with Crippen LogP contribution in [0.5, 0.6) is 0 Å². The molecule has 2 heterocycles. The van der Waals surface area contributed by atoms with Gasteiger partial charge in [-0.1, -0.05) is 12.1 Å². The molecule has 0 atom stereocenters. The van der Waals surface area contributed by atoms with Gasteiger partial charge < -0.3 is 5.32 Å². The molecule has 1 aliphatic carbocycles. The first-order chi connectivity index (χ1) is 12.2. The van der Waals surface area contributed by atoms with Crippen LogP contribution < -0.4 is 5.32 Å². The molecule has 0 bridgehead atoms. The third kappa shape index (κ3) is 2.38. The van der Waals surface area contributed by atoms with Gasteiger partial charge in [0.1, 0.15) is 0 Å². The highest BCUT2D eigenvalue weighted by atomic mass is 15.3. The largest absolute Gasteiger partial charge is 0.338 e. The number of anilines is 2. The first-order valence-electron chi connectivity index (χ1n) is 8.93.